The van der Waals surface area contributed by atoms with Gasteiger partial charge in [-0.05, 0) is 62.2 Å². The van der Waals surface area contributed by atoms with Gasteiger partial charge in [-0.1, -0.05) is 24.3 Å². The predicted molar refractivity (Wildman–Crippen MR) is 141 cm³/mol. The molecule has 2 aromatic heterocycles. The van der Waals surface area contributed by atoms with E-state index in [-0.39, 0.29) is 6.09 Å². The maximum absolute atomic E-state index is 12.3. The average molecular weight is 486 g/mol. The summed E-state index contributed by atoms with van der Waals surface area (Å²) in [6.45, 7) is 8.50. The van der Waals surface area contributed by atoms with Gasteiger partial charge < -0.3 is 23.7 Å². The van der Waals surface area contributed by atoms with E-state index >= 15 is 0 Å². The second-order valence-corrected chi connectivity index (χ2v) is 9.95. The molecule has 1 aliphatic heterocycles. The van der Waals surface area contributed by atoms with Crippen molar-refractivity contribution < 1.29 is 18.7 Å². The summed E-state index contributed by atoms with van der Waals surface area (Å²) in [4.78, 5) is 21.1. The number of benzene rings is 2. The molecule has 186 valence electrons. The molecule has 0 aliphatic carbocycles. The molecular formula is C29H31N3O4. The Morgan fingerprint density at radius 3 is 2.39 bits per heavy atom. The highest BCUT2D eigenvalue weighted by Gasteiger charge is 2.26. The summed E-state index contributed by atoms with van der Waals surface area (Å²) in [6.07, 6.45) is 3.39. The third-order valence-electron chi connectivity index (χ3n) is 6.29. The first kappa shape index (κ1) is 23.7. The van der Waals surface area contributed by atoms with Gasteiger partial charge in [0, 0.05) is 49.2 Å². The van der Waals surface area contributed by atoms with E-state index < -0.39 is 5.60 Å². The fourth-order valence-electron chi connectivity index (χ4n) is 4.41. The Morgan fingerprint density at radius 2 is 1.69 bits per heavy atom. The second-order valence-electron chi connectivity index (χ2n) is 9.95. The minimum absolute atomic E-state index is 0.243. The summed E-state index contributed by atoms with van der Waals surface area (Å²) in [6, 6.07) is 18.3. The van der Waals surface area contributed by atoms with Crippen LogP contribution in [0, 0.1) is 0 Å². The van der Waals surface area contributed by atoms with Gasteiger partial charge in [-0.2, -0.15) is 0 Å². The highest BCUT2D eigenvalue weighted by Crippen LogP contribution is 2.33. The average Bonchev–Trinajstić information content (AvgIpc) is 3.31. The molecule has 7 heteroatoms. The zero-order valence-electron chi connectivity index (χ0n) is 21.2. The van der Waals surface area contributed by atoms with Gasteiger partial charge in [0.05, 0.1) is 7.11 Å². The van der Waals surface area contributed by atoms with Crippen molar-refractivity contribution in [2.24, 2.45) is 0 Å². The first-order valence-corrected chi connectivity index (χ1v) is 12.2. The van der Waals surface area contributed by atoms with Gasteiger partial charge >= 0.3 is 6.09 Å². The predicted octanol–water partition coefficient (Wildman–Crippen LogP) is 6.23. The van der Waals surface area contributed by atoms with E-state index in [2.05, 4.69) is 29.2 Å². The summed E-state index contributed by atoms with van der Waals surface area (Å²) in [7, 11) is 1.66. The molecule has 1 saturated heterocycles. The number of carbonyl (C=O) groups excluding carboxylic acids is 1. The number of rotatable bonds is 4. The third-order valence-corrected chi connectivity index (χ3v) is 6.29. The van der Waals surface area contributed by atoms with Gasteiger partial charge in [0.25, 0.3) is 0 Å². The zero-order valence-corrected chi connectivity index (χ0v) is 21.2. The number of amides is 1. The Kier molecular flexibility index (Phi) is 6.31. The van der Waals surface area contributed by atoms with Crippen molar-refractivity contribution in [1.29, 1.82) is 0 Å². The fourth-order valence-corrected chi connectivity index (χ4v) is 4.41. The minimum Gasteiger partial charge on any atom is -0.497 e. The number of ether oxygens (including phenoxy) is 2. The Balaban J connectivity index is 1.28. The number of piperazine rings is 1. The lowest BCUT2D eigenvalue weighted by Crippen LogP contribution is -2.50. The van der Waals surface area contributed by atoms with E-state index in [0.717, 1.165) is 57.9 Å². The van der Waals surface area contributed by atoms with E-state index in [1.807, 2.05) is 57.3 Å². The molecule has 7 nitrogen and oxygen atoms in total. The number of methoxy groups -OCH3 is 1. The maximum Gasteiger partial charge on any atom is 0.410 e. The fraction of sp³-hybridized carbons (Fsp3) is 0.310. The van der Waals surface area contributed by atoms with Crippen LogP contribution in [0.15, 0.2) is 71.5 Å². The number of aromatic nitrogens is 1. The molecule has 3 heterocycles. The summed E-state index contributed by atoms with van der Waals surface area (Å²) in [5.74, 6) is 0.796. The van der Waals surface area contributed by atoms with Crippen molar-refractivity contribution in [2.75, 3.05) is 38.2 Å². The number of carbonyl (C=O) groups is 1. The molecule has 1 amide bonds. The molecule has 36 heavy (non-hydrogen) atoms. The van der Waals surface area contributed by atoms with Crippen LogP contribution in [0.25, 0.3) is 33.4 Å². The molecule has 1 aliphatic rings. The summed E-state index contributed by atoms with van der Waals surface area (Å²) in [5, 5.41) is 0. The van der Waals surface area contributed by atoms with Crippen LogP contribution in [0.4, 0.5) is 10.5 Å². The van der Waals surface area contributed by atoms with Crippen LogP contribution in [0.3, 0.4) is 0 Å². The van der Waals surface area contributed by atoms with E-state index in [0.29, 0.717) is 13.1 Å². The topological polar surface area (TPSA) is 68.0 Å². The molecule has 0 atom stereocenters. The summed E-state index contributed by atoms with van der Waals surface area (Å²) in [5.41, 5.74) is 6.24. The molecule has 1 fully saturated rings. The second kappa shape index (κ2) is 9.57. The van der Waals surface area contributed by atoms with Gasteiger partial charge in [-0.25, -0.2) is 4.79 Å². The zero-order chi connectivity index (χ0) is 25.3. The molecule has 0 bridgehead atoms. The number of furan rings is 1. The molecular weight excluding hydrogens is 454 g/mol. The van der Waals surface area contributed by atoms with Gasteiger partial charge in [-0.3, -0.25) is 4.98 Å². The number of nitrogens with zero attached hydrogens (tertiary/aromatic N) is 3. The van der Waals surface area contributed by atoms with E-state index in [1.54, 1.807) is 18.3 Å². The molecule has 0 unspecified atom stereocenters. The van der Waals surface area contributed by atoms with Crippen molar-refractivity contribution in [1.82, 2.24) is 9.88 Å². The Hall–Kier alpha value is -4.00. The first-order valence-electron chi connectivity index (χ1n) is 12.2. The SMILES string of the molecule is COc1cccc(-c2coc3cc(-c4ccc(N5CCN(C(=O)OC(C)(C)C)CC5)cc4)cnc23)c1. The standard InChI is InChI=1S/C29H31N3O4/c1-29(2,3)36-28(33)32-14-12-31(13-15-32)23-10-8-20(9-11-23)22-17-26-27(30-18-22)25(19-35-26)21-6-5-7-24(16-21)34-4/h5-11,16-19H,12-15H2,1-4H3. The monoisotopic (exact) mass is 485 g/mol. The van der Waals surface area contributed by atoms with Crippen LogP contribution < -0.4 is 9.64 Å². The van der Waals surface area contributed by atoms with Crippen LogP contribution >= 0.6 is 0 Å². The highest BCUT2D eigenvalue weighted by atomic mass is 16.6. The van der Waals surface area contributed by atoms with Gasteiger partial charge in [0.2, 0.25) is 0 Å². The maximum atomic E-state index is 12.3. The lowest BCUT2D eigenvalue weighted by molar-refractivity contribution is 0.0240. The number of fused-ring (bicyclic) bond motifs is 1. The first-order chi connectivity index (χ1) is 17.3. The molecule has 0 spiro atoms. The number of hydrogen-bond acceptors (Lipinski definition) is 6. The van der Waals surface area contributed by atoms with Crippen molar-refractivity contribution in [2.45, 2.75) is 26.4 Å². The molecule has 0 N–H and O–H groups in total. The Morgan fingerprint density at radius 1 is 0.944 bits per heavy atom. The number of hydrogen-bond donors (Lipinski definition) is 0. The molecule has 2 aromatic carbocycles. The van der Waals surface area contributed by atoms with Crippen molar-refractivity contribution in [3.8, 4) is 28.0 Å². The Bertz CT molecular complexity index is 1360. The van der Waals surface area contributed by atoms with Gasteiger partial charge in [0.1, 0.15) is 23.1 Å². The lowest BCUT2D eigenvalue weighted by atomic mass is 10.0. The Labute approximate surface area is 211 Å². The van der Waals surface area contributed by atoms with Gasteiger partial charge in [0.15, 0.2) is 5.58 Å². The number of anilines is 1. The molecule has 0 saturated carbocycles. The molecule has 0 radical (unpaired) electrons. The smallest absolute Gasteiger partial charge is 0.410 e. The van der Waals surface area contributed by atoms with Crippen molar-refractivity contribution in [3.05, 3.63) is 67.1 Å². The largest absolute Gasteiger partial charge is 0.497 e. The number of pyridine rings is 1. The lowest BCUT2D eigenvalue weighted by Gasteiger charge is -2.36. The van der Waals surface area contributed by atoms with Crippen LogP contribution in [0.5, 0.6) is 5.75 Å². The normalized spacial score (nSPS) is 14.2. The summed E-state index contributed by atoms with van der Waals surface area (Å²) >= 11 is 0. The quantitative estimate of drug-likeness (QED) is 0.341. The van der Waals surface area contributed by atoms with E-state index in [1.165, 1.54) is 0 Å². The third kappa shape index (κ3) is 5.00. The van der Waals surface area contributed by atoms with Crippen LogP contribution in [-0.2, 0) is 4.74 Å². The van der Waals surface area contributed by atoms with E-state index in [4.69, 9.17) is 18.9 Å². The minimum atomic E-state index is -0.478. The van der Waals surface area contributed by atoms with Crippen molar-refractivity contribution >= 4 is 22.9 Å². The van der Waals surface area contributed by atoms with Crippen LogP contribution in [0.1, 0.15) is 20.8 Å². The van der Waals surface area contributed by atoms with Crippen LogP contribution in [0.2, 0.25) is 0 Å². The molecule has 4 aromatic rings. The van der Waals surface area contributed by atoms with Crippen LogP contribution in [-0.4, -0.2) is 54.9 Å². The molecule has 5 rings (SSSR count). The van der Waals surface area contributed by atoms with Gasteiger partial charge in [-0.15, -0.1) is 0 Å². The summed E-state index contributed by atoms with van der Waals surface area (Å²) < 4.78 is 16.7. The van der Waals surface area contributed by atoms with Crippen molar-refractivity contribution in [3.63, 3.8) is 0 Å². The van der Waals surface area contributed by atoms with E-state index in [9.17, 15) is 4.79 Å². The highest BCUT2D eigenvalue weighted by molar-refractivity contribution is 5.92.